The van der Waals surface area contributed by atoms with E-state index in [9.17, 15) is 9.59 Å². The van der Waals surface area contributed by atoms with Crippen molar-refractivity contribution >= 4 is 57.2 Å². The Kier molecular flexibility index (Phi) is 6.91. The number of nitrogens with one attached hydrogen (secondary N) is 1. The van der Waals surface area contributed by atoms with Crippen LogP contribution >= 0.6 is 39.1 Å². The van der Waals surface area contributed by atoms with Crippen molar-refractivity contribution in [3.8, 4) is 5.75 Å². The van der Waals surface area contributed by atoms with Crippen molar-refractivity contribution in [2.75, 3.05) is 0 Å². The topological polar surface area (TPSA) is 77.0 Å². The summed E-state index contributed by atoms with van der Waals surface area (Å²) >= 11 is 15.3. The van der Waals surface area contributed by atoms with Crippen LogP contribution in [0.5, 0.6) is 5.75 Å². The molecule has 32 heavy (non-hydrogen) atoms. The predicted molar refractivity (Wildman–Crippen MR) is 126 cm³/mol. The number of fused-ring (bicyclic) bond motifs is 1. The number of carbonyl (C=O) groups is 2. The van der Waals surface area contributed by atoms with Crippen LogP contribution in [0.2, 0.25) is 10.0 Å². The SMILES string of the molecule is O=C(NN=Cc1cc(Br)ccc1OC(=O)c1ccc(Cl)cc1Cl)c1ccc2c(c1)COC2. The van der Waals surface area contributed by atoms with Crippen LogP contribution in [0.4, 0.5) is 0 Å². The van der Waals surface area contributed by atoms with E-state index in [1.807, 2.05) is 6.07 Å². The molecule has 1 amide bonds. The van der Waals surface area contributed by atoms with E-state index in [0.29, 0.717) is 29.4 Å². The molecular weight excluding hydrogens is 519 g/mol. The Morgan fingerprint density at radius 1 is 1.03 bits per heavy atom. The minimum atomic E-state index is -0.645. The maximum atomic E-state index is 12.6. The third-order valence-corrected chi connectivity index (χ3v) is 5.72. The molecule has 1 aliphatic heterocycles. The second kappa shape index (κ2) is 9.83. The molecule has 4 rings (SSSR count). The van der Waals surface area contributed by atoms with Crippen molar-refractivity contribution in [1.82, 2.24) is 5.43 Å². The summed E-state index contributed by atoms with van der Waals surface area (Å²) in [7, 11) is 0. The smallest absolute Gasteiger partial charge is 0.345 e. The van der Waals surface area contributed by atoms with Gasteiger partial charge in [0, 0.05) is 20.6 Å². The first-order chi connectivity index (χ1) is 15.4. The monoisotopic (exact) mass is 532 g/mol. The van der Waals surface area contributed by atoms with E-state index < -0.39 is 5.97 Å². The van der Waals surface area contributed by atoms with Gasteiger partial charge in [-0.3, -0.25) is 4.79 Å². The minimum Gasteiger partial charge on any atom is -0.422 e. The number of benzene rings is 3. The van der Waals surface area contributed by atoms with Gasteiger partial charge in [0.15, 0.2) is 0 Å². The molecule has 0 saturated heterocycles. The van der Waals surface area contributed by atoms with Gasteiger partial charge < -0.3 is 9.47 Å². The fraction of sp³-hybridized carbons (Fsp3) is 0.0870. The number of hydrazone groups is 1. The lowest BCUT2D eigenvalue weighted by Crippen LogP contribution is -2.18. The quantitative estimate of drug-likeness (QED) is 0.195. The van der Waals surface area contributed by atoms with Gasteiger partial charge in [-0.15, -0.1) is 0 Å². The molecule has 3 aromatic rings. The highest BCUT2D eigenvalue weighted by molar-refractivity contribution is 9.10. The van der Waals surface area contributed by atoms with Crippen molar-refractivity contribution < 1.29 is 19.1 Å². The van der Waals surface area contributed by atoms with Crippen LogP contribution in [0.25, 0.3) is 0 Å². The highest BCUT2D eigenvalue weighted by atomic mass is 79.9. The second-order valence-electron chi connectivity index (χ2n) is 6.87. The number of amides is 1. The summed E-state index contributed by atoms with van der Waals surface area (Å²) in [5.41, 5.74) is 5.67. The van der Waals surface area contributed by atoms with E-state index >= 15 is 0 Å². The predicted octanol–water partition coefficient (Wildman–Crippen LogP) is 5.77. The highest BCUT2D eigenvalue weighted by Crippen LogP contribution is 2.26. The third-order valence-electron chi connectivity index (χ3n) is 4.68. The van der Waals surface area contributed by atoms with E-state index in [2.05, 4.69) is 26.5 Å². The molecule has 162 valence electrons. The zero-order valence-corrected chi connectivity index (χ0v) is 19.5. The number of carbonyl (C=O) groups excluding carboxylic acids is 2. The van der Waals surface area contributed by atoms with Crippen LogP contribution in [0.3, 0.4) is 0 Å². The zero-order chi connectivity index (χ0) is 22.7. The Hall–Kier alpha value is -2.71. The van der Waals surface area contributed by atoms with Gasteiger partial charge in [-0.05, 0) is 59.7 Å². The van der Waals surface area contributed by atoms with Crippen molar-refractivity contribution in [3.05, 3.63) is 96.9 Å². The normalized spacial score (nSPS) is 12.6. The molecule has 0 radical (unpaired) electrons. The van der Waals surface area contributed by atoms with E-state index in [-0.39, 0.29) is 22.2 Å². The minimum absolute atomic E-state index is 0.177. The molecule has 1 heterocycles. The molecule has 0 spiro atoms. The molecule has 0 saturated carbocycles. The molecule has 3 aromatic carbocycles. The first-order valence-corrected chi connectivity index (χ1v) is 11.0. The van der Waals surface area contributed by atoms with Gasteiger partial charge in [0.05, 0.1) is 30.0 Å². The lowest BCUT2D eigenvalue weighted by atomic mass is 10.1. The maximum absolute atomic E-state index is 12.6. The molecule has 0 unspecified atom stereocenters. The van der Waals surface area contributed by atoms with Crippen LogP contribution in [0.1, 0.15) is 37.4 Å². The average Bonchev–Trinajstić information content (AvgIpc) is 3.23. The van der Waals surface area contributed by atoms with Crippen molar-refractivity contribution in [2.45, 2.75) is 13.2 Å². The third kappa shape index (κ3) is 5.19. The van der Waals surface area contributed by atoms with Crippen molar-refractivity contribution in [3.63, 3.8) is 0 Å². The maximum Gasteiger partial charge on any atom is 0.345 e. The van der Waals surface area contributed by atoms with Crippen LogP contribution in [0.15, 0.2) is 64.2 Å². The number of ether oxygens (including phenoxy) is 2. The molecule has 9 heteroatoms. The number of rotatable bonds is 5. The lowest BCUT2D eigenvalue weighted by Gasteiger charge is -2.09. The number of nitrogens with zero attached hydrogens (tertiary/aromatic N) is 1. The van der Waals surface area contributed by atoms with Gasteiger partial charge >= 0.3 is 5.97 Å². The number of halogens is 3. The molecule has 0 aliphatic carbocycles. The summed E-state index contributed by atoms with van der Waals surface area (Å²) in [5, 5.41) is 4.60. The lowest BCUT2D eigenvalue weighted by molar-refractivity contribution is 0.0734. The second-order valence-corrected chi connectivity index (χ2v) is 8.63. The molecule has 6 nitrogen and oxygen atoms in total. The number of esters is 1. The standard InChI is InChI=1S/C23H15BrCl2N2O4/c24-17-3-6-21(32-23(30)19-5-4-18(25)9-20(19)26)15(8-17)10-27-28-22(29)13-1-2-14-11-31-12-16(14)7-13/h1-10H,11-12H2,(H,28,29). The van der Waals surface area contributed by atoms with Gasteiger partial charge in [-0.25, -0.2) is 10.2 Å². The Bertz CT molecular complexity index is 1250. The van der Waals surface area contributed by atoms with Crippen LogP contribution in [-0.2, 0) is 18.0 Å². The van der Waals surface area contributed by atoms with E-state index in [1.54, 1.807) is 36.4 Å². The summed E-state index contributed by atoms with van der Waals surface area (Å²) in [6.07, 6.45) is 1.39. The van der Waals surface area contributed by atoms with Crippen LogP contribution < -0.4 is 10.2 Å². The van der Waals surface area contributed by atoms with Crippen molar-refractivity contribution in [2.24, 2.45) is 5.10 Å². The van der Waals surface area contributed by atoms with Gasteiger partial charge in [0.25, 0.3) is 5.91 Å². The summed E-state index contributed by atoms with van der Waals surface area (Å²) in [6.45, 7) is 1.05. The Balaban J connectivity index is 1.48. The fourth-order valence-corrected chi connectivity index (χ4v) is 3.93. The van der Waals surface area contributed by atoms with Gasteiger partial charge in [0.2, 0.25) is 0 Å². The van der Waals surface area contributed by atoms with E-state index in [4.69, 9.17) is 32.7 Å². The first-order valence-electron chi connectivity index (χ1n) is 9.40. The summed E-state index contributed by atoms with van der Waals surface area (Å²) in [6, 6.07) is 14.9. The summed E-state index contributed by atoms with van der Waals surface area (Å²) < 4.78 is 11.6. The summed E-state index contributed by atoms with van der Waals surface area (Å²) in [4.78, 5) is 25.0. The zero-order valence-electron chi connectivity index (χ0n) is 16.4. The Labute approximate surface area is 202 Å². The van der Waals surface area contributed by atoms with Gasteiger partial charge in [0.1, 0.15) is 5.75 Å². The largest absolute Gasteiger partial charge is 0.422 e. The molecule has 1 aliphatic rings. The molecular formula is C23H15BrCl2N2O4. The number of hydrogen-bond donors (Lipinski definition) is 1. The molecule has 0 bridgehead atoms. The Morgan fingerprint density at radius 2 is 1.84 bits per heavy atom. The first kappa shape index (κ1) is 22.5. The fourth-order valence-electron chi connectivity index (χ4n) is 3.06. The Morgan fingerprint density at radius 3 is 2.66 bits per heavy atom. The molecule has 1 N–H and O–H groups in total. The summed E-state index contributed by atoms with van der Waals surface area (Å²) in [5.74, 6) is -0.762. The molecule has 0 fully saturated rings. The van der Waals surface area contributed by atoms with E-state index in [1.165, 1.54) is 18.3 Å². The van der Waals surface area contributed by atoms with Gasteiger partial charge in [-0.2, -0.15) is 5.10 Å². The van der Waals surface area contributed by atoms with Crippen LogP contribution in [0, 0.1) is 0 Å². The van der Waals surface area contributed by atoms with E-state index in [0.717, 1.165) is 15.6 Å². The highest BCUT2D eigenvalue weighted by Gasteiger charge is 2.16. The van der Waals surface area contributed by atoms with Crippen molar-refractivity contribution in [1.29, 1.82) is 0 Å². The van der Waals surface area contributed by atoms with Gasteiger partial charge in [-0.1, -0.05) is 45.2 Å². The van der Waals surface area contributed by atoms with Crippen LogP contribution in [-0.4, -0.2) is 18.1 Å². The average molecular weight is 534 g/mol. The number of hydrogen-bond acceptors (Lipinski definition) is 5. The molecule has 0 atom stereocenters. The molecule has 0 aromatic heterocycles.